The first-order valence-corrected chi connectivity index (χ1v) is 6.72. The average Bonchev–Trinajstić information content (AvgIpc) is 2.40. The molecule has 1 aliphatic rings. The highest BCUT2D eigenvalue weighted by Gasteiger charge is 2.15. The van der Waals surface area contributed by atoms with E-state index in [1.165, 1.54) is 18.4 Å². The van der Waals surface area contributed by atoms with Gasteiger partial charge in [-0.05, 0) is 57.3 Å². The summed E-state index contributed by atoms with van der Waals surface area (Å²) in [4.78, 5) is 11.7. The van der Waals surface area contributed by atoms with Gasteiger partial charge in [0.1, 0.15) is 5.75 Å². The number of ether oxygens (including phenoxy) is 1. The number of carbonyl (C=O) groups is 1. The van der Waals surface area contributed by atoms with Crippen LogP contribution in [0.5, 0.6) is 5.75 Å². The summed E-state index contributed by atoms with van der Waals surface area (Å²) < 4.78 is 5.31. The van der Waals surface area contributed by atoms with Crippen LogP contribution >= 0.6 is 0 Å². The van der Waals surface area contributed by atoms with Gasteiger partial charge in [0.15, 0.2) is 0 Å². The molecule has 0 aliphatic carbocycles. The van der Waals surface area contributed by atoms with E-state index in [1.807, 2.05) is 31.2 Å². The minimum Gasteiger partial charge on any atom is -0.427 e. The summed E-state index contributed by atoms with van der Waals surface area (Å²) in [5, 5.41) is 3.33. The normalized spacial score (nSPS) is 16.5. The van der Waals surface area contributed by atoms with Gasteiger partial charge in [0.05, 0.1) is 0 Å². The Balaban J connectivity index is 1.73. The highest BCUT2D eigenvalue weighted by Crippen LogP contribution is 2.19. The molecular weight excluding hydrogens is 226 g/mol. The number of aryl methyl sites for hydroxylation is 1. The first kappa shape index (κ1) is 13.1. The van der Waals surface area contributed by atoms with Gasteiger partial charge >= 0.3 is 5.97 Å². The average molecular weight is 247 g/mol. The molecule has 0 spiro atoms. The van der Waals surface area contributed by atoms with Gasteiger partial charge in [-0.25, -0.2) is 0 Å². The van der Waals surface area contributed by atoms with E-state index in [0.29, 0.717) is 18.1 Å². The second kappa shape index (κ2) is 6.55. The van der Waals surface area contributed by atoms with Crippen molar-refractivity contribution in [2.45, 2.75) is 32.6 Å². The Morgan fingerprint density at radius 2 is 1.94 bits per heavy atom. The SMILES string of the molecule is Cc1ccc(OC(=O)CCC2CCNCC2)cc1. The van der Waals surface area contributed by atoms with Crippen LogP contribution in [0.3, 0.4) is 0 Å². The lowest BCUT2D eigenvalue weighted by Gasteiger charge is -2.21. The molecule has 98 valence electrons. The maximum Gasteiger partial charge on any atom is 0.311 e. The number of benzene rings is 1. The Hall–Kier alpha value is -1.35. The summed E-state index contributed by atoms with van der Waals surface area (Å²) in [6, 6.07) is 7.60. The third-order valence-corrected chi connectivity index (χ3v) is 3.47. The van der Waals surface area contributed by atoms with Crippen LogP contribution in [-0.2, 0) is 4.79 Å². The van der Waals surface area contributed by atoms with Crippen molar-refractivity contribution >= 4 is 5.97 Å². The summed E-state index contributed by atoms with van der Waals surface area (Å²) in [5.41, 5.74) is 1.17. The fourth-order valence-corrected chi connectivity index (χ4v) is 2.28. The molecule has 0 amide bonds. The van der Waals surface area contributed by atoms with E-state index < -0.39 is 0 Å². The third-order valence-electron chi connectivity index (χ3n) is 3.47. The number of carbonyl (C=O) groups excluding carboxylic acids is 1. The van der Waals surface area contributed by atoms with E-state index in [-0.39, 0.29) is 5.97 Å². The molecule has 1 aliphatic heterocycles. The van der Waals surface area contributed by atoms with Crippen LogP contribution in [-0.4, -0.2) is 19.1 Å². The fourth-order valence-electron chi connectivity index (χ4n) is 2.28. The molecule has 0 atom stereocenters. The zero-order chi connectivity index (χ0) is 12.8. The van der Waals surface area contributed by atoms with E-state index >= 15 is 0 Å². The van der Waals surface area contributed by atoms with Crippen LogP contribution in [0.4, 0.5) is 0 Å². The van der Waals surface area contributed by atoms with E-state index in [1.54, 1.807) is 0 Å². The van der Waals surface area contributed by atoms with Gasteiger partial charge in [0.25, 0.3) is 0 Å². The monoisotopic (exact) mass is 247 g/mol. The lowest BCUT2D eigenvalue weighted by Crippen LogP contribution is -2.28. The van der Waals surface area contributed by atoms with Crippen molar-refractivity contribution < 1.29 is 9.53 Å². The Morgan fingerprint density at radius 3 is 2.61 bits per heavy atom. The maximum atomic E-state index is 11.7. The Kier molecular flexibility index (Phi) is 4.76. The molecule has 1 heterocycles. The molecular formula is C15H21NO2. The first-order valence-electron chi connectivity index (χ1n) is 6.72. The minimum absolute atomic E-state index is 0.114. The molecule has 2 rings (SSSR count). The second-order valence-electron chi connectivity index (χ2n) is 5.02. The summed E-state index contributed by atoms with van der Waals surface area (Å²) in [7, 11) is 0. The zero-order valence-electron chi connectivity index (χ0n) is 10.9. The molecule has 18 heavy (non-hydrogen) atoms. The van der Waals surface area contributed by atoms with E-state index in [0.717, 1.165) is 19.5 Å². The zero-order valence-corrected chi connectivity index (χ0v) is 10.9. The van der Waals surface area contributed by atoms with Crippen molar-refractivity contribution in [3.8, 4) is 5.75 Å². The molecule has 1 aromatic carbocycles. The molecule has 1 fully saturated rings. The molecule has 1 N–H and O–H groups in total. The molecule has 0 radical (unpaired) electrons. The van der Waals surface area contributed by atoms with Gasteiger partial charge in [-0.15, -0.1) is 0 Å². The Morgan fingerprint density at radius 1 is 1.28 bits per heavy atom. The highest BCUT2D eigenvalue weighted by molar-refractivity contribution is 5.72. The van der Waals surface area contributed by atoms with Gasteiger partial charge in [-0.2, -0.15) is 0 Å². The number of hydrogen-bond donors (Lipinski definition) is 1. The summed E-state index contributed by atoms with van der Waals surface area (Å²) in [6.45, 7) is 4.18. The largest absolute Gasteiger partial charge is 0.427 e. The van der Waals surface area contributed by atoms with Gasteiger partial charge in [-0.3, -0.25) is 4.79 Å². The van der Waals surface area contributed by atoms with Crippen LogP contribution in [0.25, 0.3) is 0 Å². The third kappa shape index (κ3) is 4.15. The highest BCUT2D eigenvalue weighted by atomic mass is 16.5. The van der Waals surface area contributed by atoms with Gasteiger partial charge in [0.2, 0.25) is 0 Å². The molecule has 3 nitrogen and oxygen atoms in total. The standard InChI is InChI=1S/C15H21NO2/c1-12-2-5-14(6-3-12)18-15(17)7-4-13-8-10-16-11-9-13/h2-3,5-6,13,16H,4,7-11H2,1H3. The summed E-state index contributed by atoms with van der Waals surface area (Å²) >= 11 is 0. The molecule has 0 saturated carbocycles. The van der Waals surface area contributed by atoms with Crippen LogP contribution in [0.2, 0.25) is 0 Å². The van der Waals surface area contributed by atoms with E-state index in [9.17, 15) is 4.79 Å². The second-order valence-corrected chi connectivity index (χ2v) is 5.02. The lowest BCUT2D eigenvalue weighted by atomic mass is 9.93. The number of piperidine rings is 1. The van der Waals surface area contributed by atoms with Crippen LogP contribution in [0, 0.1) is 12.8 Å². The van der Waals surface area contributed by atoms with Crippen molar-refractivity contribution in [3.63, 3.8) is 0 Å². The summed E-state index contributed by atoms with van der Waals surface area (Å²) in [6.07, 6.45) is 3.83. The van der Waals surface area contributed by atoms with E-state index in [4.69, 9.17) is 4.74 Å². The first-order chi connectivity index (χ1) is 8.74. The molecule has 0 bridgehead atoms. The van der Waals surface area contributed by atoms with Crippen molar-refractivity contribution in [1.29, 1.82) is 0 Å². The van der Waals surface area contributed by atoms with E-state index in [2.05, 4.69) is 5.32 Å². The number of nitrogens with one attached hydrogen (secondary N) is 1. The molecule has 1 saturated heterocycles. The van der Waals surface area contributed by atoms with Gasteiger partial charge in [-0.1, -0.05) is 17.7 Å². The van der Waals surface area contributed by atoms with Crippen molar-refractivity contribution in [2.24, 2.45) is 5.92 Å². The van der Waals surface area contributed by atoms with Crippen LogP contribution in [0.15, 0.2) is 24.3 Å². The Bertz CT molecular complexity index is 380. The number of hydrogen-bond acceptors (Lipinski definition) is 3. The minimum atomic E-state index is -0.114. The van der Waals surface area contributed by atoms with Crippen molar-refractivity contribution in [1.82, 2.24) is 5.32 Å². The van der Waals surface area contributed by atoms with Crippen LogP contribution < -0.4 is 10.1 Å². The van der Waals surface area contributed by atoms with Gasteiger partial charge in [0, 0.05) is 6.42 Å². The predicted molar refractivity (Wildman–Crippen MR) is 71.6 cm³/mol. The molecule has 3 heteroatoms. The molecule has 0 unspecified atom stereocenters. The lowest BCUT2D eigenvalue weighted by molar-refractivity contribution is -0.134. The smallest absolute Gasteiger partial charge is 0.311 e. The van der Waals surface area contributed by atoms with Crippen molar-refractivity contribution in [3.05, 3.63) is 29.8 Å². The molecule has 1 aromatic rings. The Labute approximate surface area is 109 Å². The van der Waals surface area contributed by atoms with Gasteiger partial charge < -0.3 is 10.1 Å². The van der Waals surface area contributed by atoms with Crippen LogP contribution in [0.1, 0.15) is 31.2 Å². The topological polar surface area (TPSA) is 38.3 Å². The maximum absolute atomic E-state index is 11.7. The predicted octanol–water partition coefficient (Wildman–Crippen LogP) is 2.68. The number of esters is 1. The van der Waals surface area contributed by atoms with Crippen molar-refractivity contribution in [2.75, 3.05) is 13.1 Å². The fraction of sp³-hybridized carbons (Fsp3) is 0.533. The summed E-state index contributed by atoms with van der Waals surface area (Å²) in [5.74, 6) is 1.21. The number of rotatable bonds is 4. The quantitative estimate of drug-likeness (QED) is 0.656. The molecule has 0 aromatic heterocycles.